The predicted octanol–water partition coefficient (Wildman–Crippen LogP) is 2.88. The molecule has 0 saturated heterocycles. The molecule has 0 bridgehead atoms. The lowest BCUT2D eigenvalue weighted by Crippen LogP contribution is -2.45. The maximum absolute atomic E-state index is 13.6. The van der Waals surface area contributed by atoms with Gasteiger partial charge in [-0.2, -0.15) is 0 Å². The third-order valence-corrected chi connectivity index (χ3v) is 3.84. The van der Waals surface area contributed by atoms with Crippen LogP contribution in [-0.2, 0) is 6.54 Å². The molecule has 1 fully saturated rings. The van der Waals surface area contributed by atoms with Crippen LogP contribution in [0.25, 0.3) is 0 Å². The summed E-state index contributed by atoms with van der Waals surface area (Å²) in [6, 6.07) is 9.97. The SMILES string of the molecule is CC(C1CC1)N(Cc1ccccc1)CC(F)(F)CN. The third kappa shape index (κ3) is 4.25. The first-order valence-corrected chi connectivity index (χ1v) is 6.88. The molecule has 1 aromatic carbocycles. The molecular weight excluding hydrogens is 246 g/mol. The lowest BCUT2D eigenvalue weighted by molar-refractivity contribution is -0.0374. The summed E-state index contributed by atoms with van der Waals surface area (Å²) in [7, 11) is 0. The first kappa shape index (κ1) is 14.4. The Morgan fingerprint density at radius 1 is 1.32 bits per heavy atom. The van der Waals surface area contributed by atoms with E-state index in [1.165, 1.54) is 0 Å². The fraction of sp³-hybridized carbons (Fsp3) is 0.600. The van der Waals surface area contributed by atoms with Gasteiger partial charge in [-0.1, -0.05) is 30.3 Å². The van der Waals surface area contributed by atoms with Gasteiger partial charge in [0.05, 0.1) is 13.1 Å². The Balaban J connectivity index is 2.05. The summed E-state index contributed by atoms with van der Waals surface area (Å²) >= 11 is 0. The maximum atomic E-state index is 13.6. The average molecular weight is 268 g/mol. The van der Waals surface area contributed by atoms with E-state index in [9.17, 15) is 8.78 Å². The molecule has 1 saturated carbocycles. The molecule has 0 amide bonds. The summed E-state index contributed by atoms with van der Waals surface area (Å²) in [5.41, 5.74) is 6.24. The Morgan fingerprint density at radius 3 is 2.47 bits per heavy atom. The quantitative estimate of drug-likeness (QED) is 0.824. The zero-order valence-corrected chi connectivity index (χ0v) is 11.4. The molecule has 0 spiro atoms. The van der Waals surface area contributed by atoms with E-state index in [2.05, 4.69) is 0 Å². The van der Waals surface area contributed by atoms with Crippen LogP contribution in [0.4, 0.5) is 8.78 Å². The van der Waals surface area contributed by atoms with Crippen molar-refractivity contribution in [2.45, 2.75) is 38.3 Å². The first-order valence-electron chi connectivity index (χ1n) is 6.88. The van der Waals surface area contributed by atoms with Gasteiger partial charge in [0.2, 0.25) is 0 Å². The van der Waals surface area contributed by atoms with Crippen molar-refractivity contribution < 1.29 is 8.78 Å². The number of benzene rings is 1. The van der Waals surface area contributed by atoms with Gasteiger partial charge in [0, 0.05) is 12.6 Å². The molecule has 1 aromatic rings. The average Bonchev–Trinajstić information content (AvgIpc) is 3.22. The molecule has 106 valence electrons. The van der Waals surface area contributed by atoms with Gasteiger partial charge in [-0.3, -0.25) is 4.90 Å². The number of halogens is 2. The summed E-state index contributed by atoms with van der Waals surface area (Å²) in [5.74, 6) is -2.24. The highest BCUT2D eigenvalue weighted by Gasteiger charge is 2.37. The largest absolute Gasteiger partial charge is 0.325 e. The Bertz CT molecular complexity index is 390. The van der Waals surface area contributed by atoms with Crippen LogP contribution in [-0.4, -0.2) is 30.0 Å². The van der Waals surface area contributed by atoms with E-state index in [1.807, 2.05) is 42.2 Å². The van der Waals surface area contributed by atoms with E-state index >= 15 is 0 Å². The van der Waals surface area contributed by atoms with E-state index in [0.29, 0.717) is 12.5 Å². The maximum Gasteiger partial charge on any atom is 0.272 e. The monoisotopic (exact) mass is 268 g/mol. The number of rotatable bonds is 7. The zero-order chi connectivity index (χ0) is 13.9. The lowest BCUT2D eigenvalue weighted by Gasteiger charge is -2.32. The molecule has 1 unspecified atom stereocenters. The summed E-state index contributed by atoms with van der Waals surface area (Å²) < 4.78 is 27.2. The van der Waals surface area contributed by atoms with Crippen molar-refractivity contribution in [3.63, 3.8) is 0 Å². The van der Waals surface area contributed by atoms with Crippen LogP contribution in [0.5, 0.6) is 0 Å². The van der Waals surface area contributed by atoms with E-state index in [-0.39, 0.29) is 12.6 Å². The van der Waals surface area contributed by atoms with E-state index in [0.717, 1.165) is 18.4 Å². The Hall–Kier alpha value is -1.00. The van der Waals surface area contributed by atoms with Crippen molar-refractivity contribution >= 4 is 0 Å². The first-order chi connectivity index (χ1) is 9.02. The molecular formula is C15H22F2N2. The van der Waals surface area contributed by atoms with Gasteiger partial charge in [-0.15, -0.1) is 0 Å². The van der Waals surface area contributed by atoms with Crippen molar-refractivity contribution in [3.05, 3.63) is 35.9 Å². The molecule has 0 aromatic heterocycles. The predicted molar refractivity (Wildman–Crippen MR) is 73.0 cm³/mol. The zero-order valence-electron chi connectivity index (χ0n) is 11.4. The second kappa shape index (κ2) is 5.97. The smallest absolute Gasteiger partial charge is 0.272 e. The molecule has 4 heteroatoms. The van der Waals surface area contributed by atoms with Crippen LogP contribution >= 0.6 is 0 Å². The molecule has 2 rings (SSSR count). The van der Waals surface area contributed by atoms with Crippen molar-refractivity contribution in [3.8, 4) is 0 Å². The van der Waals surface area contributed by atoms with Crippen molar-refractivity contribution in [1.29, 1.82) is 0 Å². The van der Waals surface area contributed by atoms with Crippen LogP contribution in [0.15, 0.2) is 30.3 Å². The van der Waals surface area contributed by atoms with Gasteiger partial charge in [0.15, 0.2) is 0 Å². The molecule has 0 heterocycles. The molecule has 0 radical (unpaired) electrons. The standard InChI is InChI=1S/C15H22F2N2/c1-12(14-7-8-14)19(11-15(16,17)10-18)9-13-5-3-2-4-6-13/h2-6,12,14H,7-11,18H2,1H3. The van der Waals surface area contributed by atoms with Gasteiger partial charge in [0.25, 0.3) is 5.92 Å². The van der Waals surface area contributed by atoms with Crippen molar-refractivity contribution in [2.75, 3.05) is 13.1 Å². The highest BCUT2D eigenvalue weighted by Crippen LogP contribution is 2.36. The molecule has 1 aliphatic carbocycles. The van der Waals surface area contributed by atoms with Gasteiger partial charge in [-0.25, -0.2) is 8.78 Å². The molecule has 1 atom stereocenters. The van der Waals surface area contributed by atoms with Crippen molar-refractivity contribution in [2.24, 2.45) is 11.7 Å². The van der Waals surface area contributed by atoms with Crippen LogP contribution in [0.3, 0.4) is 0 Å². The van der Waals surface area contributed by atoms with Crippen molar-refractivity contribution in [1.82, 2.24) is 4.90 Å². The second-order valence-corrected chi connectivity index (χ2v) is 5.53. The second-order valence-electron chi connectivity index (χ2n) is 5.53. The Kier molecular flexibility index (Phi) is 4.53. The molecule has 0 aliphatic heterocycles. The molecule has 2 nitrogen and oxygen atoms in total. The lowest BCUT2D eigenvalue weighted by atomic mass is 10.1. The summed E-state index contributed by atoms with van der Waals surface area (Å²) in [4.78, 5) is 1.87. The van der Waals surface area contributed by atoms with Crippen LogP contribution in [0, 0.1) is 5.92 Å². The minimum atomic E-state index is -2.81. The Morgan fingerprint density at radius 2 is 1.95 bits per heavy atom. The number of nitrogens with zero attached hydrogens (tertiary/aromatic N) is 1. The number of hydrogen-bond donors (Lipinski definition) is 1. The Labute approximate surface area is 113 Å². The fourth-order valence-corrected chi connectivity index (χ4v) is 2.40. The number of alkyl halides is 2. The van der Waals surface area contributed by atoms with Gasteiger partial charge >= 0.3 is 0 Å². The molecule has 2 N–H and O–H groups in total. The summed E-state index contributed by atoms with van der Waals surface area (Å²) in [5, 5.41) is 0. The number of nitrogens with two attached hydrogens (primary N) is 1. The van der Waals surface area contributed by atoms with Gasteiger partial charge in [-0.05, 0) is 31.2 Å². The molecule has 19 heavy (non-hydrogen) atoms. The van der Waals surface area contributed by atoms with Crippen LogP contribution in [0.2, 0.25) is 0 Å². The van der Waals surface area contributed by atoms with E-state index < -0.39 is 12.5 Å². The third-order valence-electron chi connectivity index (χ3n) is 3.84. The summed E-state index contributed by atoms with van der Waals surface area (Å²) in [6.45, 7) is 1.77. The van der Waals surface area contributed by atoms with E-state index in [1.54, 1.807) is 0 Å². The van der Waals surface area contributed by atoms with Gasteiger partial charge < -0.3 is 5.73 Å². The minimum Gasteiger partial charge on any atom is -0.325 e. The summed E-state index contributed by atoms with van der Waals surface area (Å²) in [6.07, 6.45) is 2.31. The minimum absolute atomic E-state index is 0.192. The fourth-order valence-electron chi connectivity index (χ4n) is 2.40. The topological polar surface area (TPSA) is 29.3 Å². The highest BCUT2D eigenvalue weighted by molar-refractivity contribution is 5.14. The normalized spacial score (nSPS) is 17.7. The molecule has 1 aliphatic rings. The van der Waals surface area contributed by atoms with Crippen LogP contribution < -0.4 is 5.73 Å². The number of hydrogen-bond acceptors (Lipinski definition) is 2. The van der Waals surface area contributed by atoms with E-state index in [4.69, 9.17) is 5.73 Å². The highest BCUT2D eigenvalue weighted by atomic mass is 19.3. The van der Waals surface area contributed by atoms with Gasteiger partial charge in [0.1, 0.15) is 0 Å². The van der Waals surface area contributed by atoms with Crippen LogP contribution in [0.1, 0.15) is 25.3 Å².